The van der Waals surface area contributed by atoms with Gasteiger partial charge in [0.25, 0.3) is 0 Å². The zero-order chi connectivity index (χ0) is 18.7. The van der Waals surface area contributed by atoms with E-state index < -0.39 is 15.9 Å². The van der Waals surface area contributed by atoms with Gasteiger partial charge in [0.15, 0.2) is 5.13 Å². The number of nitrogens with zero attached hydrogens (tertiary/aromatic N) is 2. The molecule has 0 atom stereocenters. The summed E-state index contributed by atoms with van der Waals surface area (Å²) in [4.78, 5) is 28.5. The van der Waals surface area contributed by atoms with Crippen molar-refractivity contribution in [3.05, 3.63) is 29.8 Å². The van der Waals surface area contributed by atoms with Crippen LogP contribution in [0.3, 0.4) is 0 Å². The lowest BCUT2D eigenvalue weighted by Gasteiger charge is -2.17. The second-order valence-electron chi connectivity index (χ2n) is 5.45. The number of amides is 2. The number of nitrogens with one attached hydrogen (secondary N) is 2. The summed E-state index contributed by atoms with van der Waals surface area (Å²) in [5.41, 5.74) is 0.471. The maximum absolute atomic E-state index is 12.7. The van der Waals surface area contributed by atoms with Gasteiger partial charge in [-0.1, -0.05) is 0 Å². The molecule has 0 aliphatic carbocycles. The lowest BCUT2D eigenvalue weighted by molar-refractivity contribution is -0.116. The summed E-state index contributed by atoms with van der Waals surface area (Å²) in [5.74, 6) is 0.00788. The molecule has 2 heterocycles. The molecule has 2 amide bonds. The van der Waals surface area contributed by atoms with Crippen molar-refractivity contribution in [1.82, 2.24) is 9.29 Å². The van der Waals surface area contributed by atoms with Crippen LogP contribution in [0, 0.1) is 0 Å². The van der Waals surface area contributed by atoms with Crippen molar-refractivity contribution in [3.63, 3.8) is 0 Å². The molecule has 1 aliphatic rings. The highest BCUT2D eigenvalue weighted by Gasteiger charge is 2.25. The van der Waals surface area contributed by atoms with Crippen molar-refractivity contribution in [2.75, 3.05) is 30.0 Å². The molecule has 2 aromatic rings. The predicted octanol–water partition coefficient (Wildman–Crippen LogP) is 1.84. The van der Waals surface area contributed by atoms with Crippen LogP contribution in [0.15, 0.2) is 39.6 Å². The number of carbonyl (C=O) groups is 2. The molecule has 0 bridgehead atoms. The molecule has 26 heavy (non-hydrogen) atoms. The molecule has 0 saturated carbocycles. The Morgan fingerprint density at radius 3 is 2.96 bits per heavy atom. The molecular formula is C15H16N4O4S3. The first-order chi connectivity index (χ1) is 12.4. The van der Waals surface area contributed by atoms with E-state index in [1.54, 1.807) is 17.6 Å². The zero-order valence-corrected chi connectivity index (χ0v) is 16.2. The first-order valence-electron chi connectivity index (χ1n) is 7.58. The second kappa shape index (κ2) is 7.74. The molecule has 0 radical (unpaired) electrons. The number of hydrogen-bond acceptors (Lipinski definition) is 7. The van der Waals surface area contributed by atoms with E-state index in [1.807, 2.05) is 0 Å². The summed E-state index contributed by atoms with van der Waals surface area (Å²) in [7, 11) is -2.55. The van der Waals surface area contributed by atoms with Gasteiger partial charge in [-0.2, -0.15) is 4.31 Å². The maximum atomic E-state index is 12.7. The van der Waals surface area contributed by atoms with Crippen LogP contribution in [0.1, 0.15) is 6.42 Å². The SMILES string of the molecule is CN(CC(=O)Nc1nccs1)S(=O)(=O)c1ccc2c(c1)NC(=O)CCS2. The molecule has 1 aliphatic heterocycles. The second-order valence-corrected chi connectivity index (χ2v) is 9.53. The molecule has 1 aromatic heterocycles. The van der Waals surface area contributed by atoms with E-state index in [2.05, 4.69) is 15.6 Å². The van der Waals surface area contributed by atoms with Crippen LogP contribution < -0.4 is 10.6 Å². The van der Waals surface area contributed by atoms with Crippen LogP contribution in [0.2, 0.25) is 0 Å². The zero-order valence-electron chi connectivity index (χ0n) is 13.8. The summed E-state index contributed by atoms with van der Waals surface area (Å²) in [6, 6.07) is 4.58. The molecule has 11 heteroatoms. The van der Waals surface area contributed by atoms with E-state index in [0.29, 0.717) is 23.0 Å². The third kappa shape index (κ3) is 4.23. The lowest BCUT2D eigenvalue weighted by Crippen LogP contribution is -2.35. The number of likely N-dealkylation sites (N-methyl/N-ethyl adjacent to an activating group) is 1. The Kier molecular flexibility index (Phi) is 5.61. The maximum Gasteiger partial charge on any atom is 0.243 e. The van der Waals surface area contributed by atoms with Gasteiger partial charge >= 0.3 is 0 Å². The summed E-state index contributed by atoms with van der Waals surface area (Å²) >= 11 is 2.74. The van der Waals surface area contributed by atoms with Crippen molar-refractivity contribution >= 4 is 55.8 Å². The number of fused-ring (bicyclic) bond motifs is 1. The van der Waals surface area contributed by atoms with E-state index >= 15 is 0 Å². The molecular weight excluding hydrogens is 396 g/mol. The molecule has 0 saturated heterocycles. The van der Waals surface area contributed by atoms with E-state index in [0.717, 1.165) is 9.20 Å². The van der Waals surface area contributed by atoms with Crippen molar-refractivity contribution in [2.24, 2.45) is 0 Å². The van der Waals surface area contributed by atoms with Crippen molar-refractivity contribution in [1.29, 1.82) is 0 Å². The largest absolute Gasteiger partial charge is 0.325 e. The Morgan fingerprint density at radius 2 is 2.23 bits per heavy atom. The van der Waals surface area contributed by atoms with E-state index in [9.17, 15) is 18.0 Å². The van der Waals surface area contributed by atoms with Crippen LogP contribution in [0.4, 0.5) is 10.8 Å². The fourth-order valence-corrected chi connectivity index (χ4v) is 4.91. The Labute approximate surface area is 159 Å². The minimum absolute atomic E-state index is 0.0172. The molecule has 0 spiro atoms. The molecule has 138 valence electrons. The highest BCUT2D eigenvalue weighted by atomic mass is 32.2. The minimum atomic E-state index is -3.88. The van der Waals surface area contributed by atoms with E-state index in [-0.39, 0.29) is 17.3 Å². The number of carbonyl (C=O) groups excluding carboxylic acids is 2. The fourth-order valence-electron chi connectivity index (χ4n) is 2.27. The number of anilines is 2. The van der Waals surface area contributed by atoms with Gasteiger partial charge in [-0.3, -0.25) is 9.59 Å². The third-order valence-electron chi connectivity index (χ3n) is 3.56. The number of thioether (sulfide) groups is 1. The van der Waals surface area contributed by atoms with Crippen LogP contribution in [0.5, 0.6) is 0 Å². The Hall–Kier alpha value is -1.95. The number of hydrogen-bond donors (Lipinski definition) is 2. The molecule has 0 fully saturated rings. The van der Waals surface area contributed by atoms with Gasteiger partial charge in [0.1, 0.15) is 0 Å². The molecule has 0 unspecified atom stereocenters. The highest BCUT2D eigenvalue weighted by molar-refractivity contribution is 7.99. The smallest absolute Gasteiger partial charge is 0.243 e. The van der Waals surface area contributed by atoms with Crippen LogP contribution in [-0.4, -0.2) is 48.9 Å². The minimum Gasteiger partial charge on any atom is -0.325 e. The quantitative estimate of drug-likeness (QED) is 0.776. The van der Waals surface area contributed by atoms with Gasteiger partial charge in [0.05, 0.1) is 17.1 Å². The normalized spacial score (nSPS) is 14.5. The van der Waals surface area contributed by atoms with Crippen LogP contribution in [0.25, 0.3) is 0 Å². The number of sulfonamides is 1. The van der Waals surface area contributed by atoms with Gasteiger partial charge in [-0.25, -0.2) is 13.4 Å². The summed E-state index contributed by atoms with van der Waals surface area (Å²) in [6.45, 7) is -0.347. The molecule has 1 aromatic carbocycles. The molecule has 8 nitrogen and oxygen atoms in total. The average molecular weight is 413 g/mol. The number of thiazole rings is 1. The van der Waals surface area contributed by atoms with Gasteiger partial charge in [0, 0.05) is 35.7 Å². The topological polar surface area (TPSA) is 108 Å². The average Bonchev–Trinajstić information content (AvgIpc) is 3.01. The Balaban J connectivity index is 1.76. The number of benzene rings is 1. The standard InChI is InChI=1S/C15H16N4O4S3/c1-19(9-14(21)18-15-16-5-7-25-15)26(22,23)10-2-3-12-11(8-10)17-13(20)4-6-24-12/h2-3,5,7-8H,4,6,9H2,1H3,(H,17,20)(H,16,18,21). The van der Waals surface area contributed by atoms with Crippen molar-refractivity contribution in [3.8, 4) is 0 Å². The first kappa shape index (κ1) is 18.8. The van der Waals surface area contributed by atoms with Crippen LogP contribution >= 0.6 is 23.1 Å². The van der Waals surface area contributed by atoms with E-state index in [4.69, 9.17) is 0 Å². The molecule has 3 rings (SSSR count). The Bertz CT molecular complexity index is 928. The molecule has 2 N–H and O–H groups in total. The van der Waals surface area contributed by atoms with Gasteiger partial charge in [0.2, 0.25) is 21.8 Å². The highest BCUT2D eigenvalue weighted by Crippen LogP contribution is 2.33. The van der Waals surface area contributed by atoms with Gasteiger partial charge in [-0.05, 0) is 18.2 Å². The fraction of sp³-hybridized carbons (Fsp3) is 0.267. The monoisotopic (exact) mass is 412 g/mol. The predicted molar refractivity (Wildman–Crippen MR) is 101 cm³/mol. The van der Waals surface area contributed by atoms with Crippen molar-refractivity contribution in [2.45, 2.75) is 16.2 Å². The van der Waals surface area contributed by atoms with Crippen LogP contribution in [-0.2, 0) is 19.6 Å². The van der Waals surface area contributed by atoms with E-state index in [1.165, 1.54) is 42.3 Å². The summed E-state index contributed by atoms with van der Waals surface area (Å²) in [6.07, 6.45) is 1.92. The number of rotatable bonds is 5. The number of aromatic nitrogens is 1. The summed E-state index contributed by atoms with van der Waals surface area (Å²) < 4.78 is 26.4. The lowest BCUT2D eigenvalue weighted by atomic mass is 10.3. The van der Waals surface area contributed by atoms with Crippen molar-refractivity contribution < 1.29 is 18.0 Å². The van der Waals surface area contributed by atoms with Gasteiger partial charge in [-0.15, -0.1) is 23.1 Å². The third-order valence-corrected chi connectivity index (χ3v) is 7.13. The first-order valence-corrected chi connectivity index (χ1v) is 10.9. The summed E-state index contributed by atoms with van der Waals surface area (Å²) in [5, 5.41) is 7.37. The van der Waals surface area contributed by atoms with Gasteiger partial charge < -0.3 is 10.6 Å². The Morgan fingerprint density at radius 1 is 1.42 bits per heavy atom.